The first kappa shape index (κ1) is 23.1. The summed E-state index contributed by atoms with van der Waals surface area (Å²) < 4.78 is 68.6. The molecule has 0 aromatic heterocycles. The van der Waals surface area contributed by atoms with Crippen LogP contribution in [-0.4, -0.2) is 19.6 Å². The van der Waals surface area contributed by atoms with Crippen LogP contribution in [0.3, 0.4) is 0 Å². The molecular weight excluding hydrogens is 471 g/mol. The lowest BCUT2D eigenvalue weighted by atomic mass is 9.99. The lowest BCUT2D eigenvalue weighted by Crippen LogP contribution is -2.42. The SMILES string of the molecule is CC1CCc2cc(F)ccc2N1S(=O)(=O)c1ccc(NC(=S)Nc2ccc(F)cc2F)cc1. The first-order valence-electron chi connectivity index (χ1n) is 10.1. The third-order valence-corrected chi connectivity index (χ3v) is 7.51. The number of hydrogen-bond donors (Lipinski definition) is 2. The quantitative estimate of drug-likeness (QED) is 0.476. The molecule has 1 unspecified atom stereocenters. The normalized spacial score (nSPS) is 15.6. The first-order chi connectivity index (χ1) is 15.6. The Hall–Kier alpha value is -3.11. The highest BCUT2D eigenvalue weighted by molar-refractivity contribution is 7.92. The number of benzene rings is 3. The Labute approximate surface area is 195 Å². The van der Waals surface area contributed by atoms with E-state index in [4.69, 9.17) is 12.2 Å². The molecule has 0 bridgehead atoms. The van der Waals surface area contributed by atoms with Gasteiger partial charge in [0, 0.05) is 17.8 Å². The van der Waals surface area contributed by atoms with Crippen molar-refractivity contribution in [1.29, 1.82) is 0 Å². The average molecular weight is 492 g/mol. The van der Waals surface area contributed by atoms with E-state index in [1.807, 2.05) is 6.92 Å². The van der Waals surface area contributed by atoms with Crippen molar-refractivity contribution < 1.29 is 21.6 Å². The van der Waals surface area contributed by atoms with Gasteiger partial charge in [-0.25, -0.2) is 21.6 Å². The van der Waals surface area contributed by atoms with Crippen molar-refractivity contribution in [2.24, 2.45) is 0 Å². The van der Waals surface area contributed by atoms with Gasteiger partial charge in [0.15, 0.2) is 5.11 Å². The van der Waals surface area contributed by atoms with Crippen molar-refractivity contribution in [2.45, 2.75) is 30.7 Å². The van der Waals surface area contributed by atoms with Crippen molar-refractivity contribution in [3.63, 3.8) is 0 Å². The summed E-state index contributed by atoms with van der Waals surface area (Å²) in [6.07, 6.45) is 1.18. The molecule has 0 saturated heterocycles. The Balaban J connectivity index is 1.52. The van der Waals surface area contributed by atoms with E-state index >= 15 is 0 Å². The zero-order valence-corrected chi connectivity index (χ0v) is 19.1. The van der Waals surface area contributed by atoms with Gasteiger partial charge in [0.2, 0.25) is 0 Å². The highest BCUT2D eigenvalue weighted by Gasteiger charge is 2.34. The van der Waals surface area contributed by atoms with Crippen LogP contribution in [0.5, 0.6) is 0 Å². The zero-order chi connectivity index (χ0) is 23.8. The van der Waals surface area contributed by atoms with E-state index < -0.39 is 27.5 Å². The molecule has 10 heteroatoms. The van der Waals surface area contributed by atoms with Crippen LogP contribution in [0.25, 0.3) is 0 Å². The Morgan fingerprint density at radius 2 is 1.64 bits per heavy atom. The summed E-state index contributed by atoms with van der Waals surface area (Å²) in [5, 5.41) is 5.51. The van der Waals surface area contributed by atoms with Gasteiger partial charge in [-0.3, -0.25) is 4.31 Å². The molecule has 0 radical (unpaired) electrons. The van der Waals surface area contributed by atoms with Gasteiger partial charge in [-0.15, -0.1) is 0 Å². The lowest BCUT2D eigenvalue weighted by Gasteiger charge is -2.36. The number of anilines is 3. The van der Waals surface area contributed by atoms with Gasteiger partial charge >= 0.3 is 0 Å². The maximum Gasteiger partial charge on any atom is 0.264 e. The predicted octanol–water partition coefficient (Wildman–Crippen LogP) is 5.44. The van der Waals surface area contributed by atoms with E-state index in [9.17, 15) is 21.6 Å². The van der Waals surface area contributed by atoms with Crippen molar-refractivity contribution >= 4 is 44.4 Å². The second-order valence-corrected chi connectivity index (χ2v) is 9.91. The van der Waals surface area contributed by atoms with Crippen molar-refractivity contribution in [3.8, 4) is 0 Å². The molecule has 1 aliphatic heterocycles. The van der Waals surface area contributed by atoms with Crippen LogP contribution in [0.15, 0.2) is 65.6 Å². The fourth-order valence-electron chi connectivity index (χ4n) is 3.75. The Morgan fingerprint density at radius 3 is 2.33 bits per heavy atom. The molecule has 3 aromatic carbocycles. The molecule has 1 atom stereocenters. The summed E-state index contributed by atoms with van der Waals surface area (Å²) >= 11 is 5.15. The van der Waals surface area contributed by atoms with Gasteiger partial charge in [0.25, 0.3) is 10.0 Å². The van der Waals surface area contributed by atoms with E-state index in [2.05, 4.69) is 10.6 Å². The molecule has 2 N–H and O–H groups in total. The molecule has 1 heterocycles. The molecule has 0 spiro atoms. The average Bonchev–Trinajstić information content (AvgIpc) is 2.76. The number of sulfonamides is 1. The molecule has 0 fully saturated rings. The third-order valence-electron chi connectivity index (χ3n) is 5.36. The van der Waals surface area contributed by atoms with Crippen molar-refractivity contribution in [3.05, 3.63) is 83.7 Å². The molecule has 0 saturated carbocycles. The topological polar surface area (TPSA) is 61.4 Å². The Morgan fingerprint density at radius 1 is 0.970 bits per heavy atom. The van der Waals surface area contributed by atoms with E-state index in [1.165, 1.54) is 52.8 Å². The van der Waals surface area contributed by atoms with Crippen LogP contribution in [0.1, 0.15) is 18.9 Å². The molecule has 5 nitrogen and oxygen atoms in total. The minimum Gasteiger partial charge on any atom is -0.332 e. The lowest BCUT2D eigenvalue weighted by molar-refractivity contribution is 0.560. The van der Waals surface area contributed by atoms with Gasteiger partial charge in [-0.05, 0) is 92.1 Å². The Kier molecular flexibility index (Phi) is 6.31. The van der Waals surface area contributed by atoms with Gasteiger partial charge in [0.05, 0.1) is 16.3 Å². The maximum absolute atomic E-state index is 13.8. The highest BCUT2D eigenvalue weighted by atomic mass is 32.2. The molecule has 172 valence electrons. The summed E-state index contributed by atoms with van der Waals surface area (Å²) in [6.45, 7) is 1.82. The number of aryl methyl sites for hydroxylation is 1. The number of halogens is 3. The van der Waals surface area contributed by atoms with Gasteiger partial charge in [-0.1, -0.05) is 0 Å². The van der Waals surface area contributed by atoms with Gasteiger partial charge in [-0.2, -0.15) is 0 Å². The zero-order valence-electron chi connectivity index (χ0n) is 17.5. The largest absolute Gasteiger partial charge is 0.332 e. The summed E-state index contributed by atoms with van der Waals surface area (Å²) in [5.74, 6) is -1.90. The number of hydrogen-bond acceptors (Lipinski definition) is 3. The van der Waals surface area contributed by atoms with E-state index in [0.717, 1.165) is 12.1 Å². The monoisotopic (exact) mass is 491 g/mol. The third kappa shape index (κ3) is 4.81. The molecule has 1 aliphatic rings. The van der Waals surface area contributed by atoms with E-state index in [-0.39, 0.29) is 21.7 Å². The number of rotatable bonds is 4. The number of thiocarbonyl (C=S) groups is 1. The summed E-state index contributed by atoms with van der Waals surface area (Å²) in [4.78, 5) is 0.0699. The summed E-state index contributed by atoms with van der Waals surface area (Å²) in [7, 11) is -3.89. The van der Waals surface area contributed by atoms with E-state index in [0.29, 0.717) is 29.8 Å². The highest BCUT2D eigenvalue weighted by Crippen LogP contribution is 2.36. The van der Waals surface area contributed by atoms with Gasteiger partial charge in [0.1, 0.15) is 17.5 Å². The number of fused-ring (bicyclic) bond motifs is 1. The maximum atomic E-state index is 13.8. The van der Waals surface area contributed by atoms with Crippen LogP contribution in [-0.2, 0) is 16.4 Å². The second kappa shape index (κ2) is 9.03. The molecular formula is C23H20F3N3O2S2. The van der Waals surface area contributed by atoms with Crippen LogP contribution < -0.4 is 14.9 Å². The van der Waals surface area contributed by atoms with Gasteiger partial charge < -0.3 is 10.6 Å². The van der Waals surface area contributed by atoms with Crippen molar-refractivity contribution in [1.82, 2.24) is 0 Å². The minimum atomic E-state index is -3.89. The molecule has 4 rings (SSSR count). The number of nitrogens with one attached hydrogen (secondary N) is 2. The first-order valence-corrected chi connectivity index (χ1v) is 12.0. The van der Waals surface area contributed by atoms with Crippen LogP contribution >= 0.6 is 12.2 Å². The summed E-state index contributed by atoms with van der Waals surface area (Å²) in [6, 6.07) is 12.8. The predicted molar refractivity (Wildman–Crippen MR) is 126 cm³/mol. The Bertz CT molecular complexity index is 1320. The van der Waals surface area contributed by atoms with E-state index in [1.54, 1.807) is 0 Å². The smallest absolute Gasteiger partial charge is 0.264 e. The minimum absolute atomic E-state index is 0.00212. The molecule has 0 amide bonds. The standard InChI is InChI=1S/C23H20F3N3O2S2/c1-14-2-3-15-12-16(24)5-11-22(15)29(14)33(30,31)19-8-6-18(7-9-19)27-23(32)28-21-10-4-17(25)13-20(21)26/h4-14H,2-3H2,1H3,(H2,27,28,32). The van der Waals surface area contributed by atoms with Crippen LogP contribution in [0.4, 0.5) is 30.2 Å². The van der Waals surface area contributed by atoms with Crippen LogP contribution in [0.2, 0.25) is 0 Å². The fraction of sp³-hybridized carbons (Fsp3) is 0.174. The van der Waals surface area contributed by atoms with Crippen molar-refractivity contribution in [2.75, 3.05) is 14.9 Å². The number of nitrogens with zero attached hydrogens (tertiary/aromatic N) is 1. The summed E-state index contributed by atoms with van der Waals surface area (Å²) in [5.41, 5.74) is 1.61. The van der Waals surface area contributed by atoms with Crippen LogP contribution in [0, 0.1) is 17.5 Å². The molecule has 0 aliphatic carbocycles. The molecule has 33 heavy (non-hydrogen) atoms. The molecule has 3 aromatic rings. The fourth-order valence-corrected chi connectivity index (χ4v) is 5.71. The second-order valence-electron chi connectivity index (χ2n) is 7.69.